The van der Waals surface area contributed by atoms with Crippen molar-refractivity contribution in [2.75, 3.05) is 19.6 Å². The molecule has 0 aliphatic carbocycles. The number of piperazine rings is 1. The Hall–Kier alpha value is -0.650. The van der Waals surface area contributed by atoms with Crippen LogP contribution in [0.25, 0.3) is 0 Å². The van der Waals surface area contributed by atoms with Crippen LogP contribution in [0, 0.1) is 0 Å². The SMILES string of the molecule is CCCC1CN(Cc2csc(=O)[nH]2)CCN1. The maximum atomic E-state index is 11.0. The highest BCUT2D eigenvalue weighted by molar-refractivity contribution is 7.07. The summed E-state index contributed by atoms with van der Waals surface area (Å²) < 4.78 is 0. The first-order valence-electron chi connectivity index (χ1n) is 5.90. The molecule has 4 nitrogen and oxygen atoms in total. The molecule has 90 valence electrons. The Bertz CT molecular complexity index is 371. The van der Waals surface area contributed by atoms with Crippen molar-refractivity contribution < 1.29 is 0 Å². The minimum absolute atomic E-state index is 0.0512. The molecule has 1 fully saturated rings. The molecule has 0 spiro atoms. The quantitative estimate of drug-likeness (QED) is 0.827. The Morgan fingerprint density at radius 3 is 3.19 bits per heavy atom. The summed E-state index contributed by atoms with van der Waals surface area (Å²) in [7, 11) is 0. The lowest BCUT2D eigenvalue weighted by atomic mass is 10.1. The number of rotatable bonds is 4. The number of nitrogens with one attached hydrogen (secondary N) is 2. The third-order valence-corrected chi connectivity index (χ3v) is 3.66. The molecule has 2 heterocycles. The lowest BCUT2D eigenvalue weighted by Gasteiger charge is -2.33. The third-order valence-electron chi connectivity index (χ3n) is 2.94. The molecule has 1 aliphatic rings. The second-order valence-corrected chi connectivity index (χ2v) is 5.19. The summed E-state index contributed by atoms with van der Waals surface area (Å²) in [5.74, 6) is 0. The van der Waals surface area contributed by atoms with Gasteiger partial charge in [-0.1, -0.05) is 24.7 Å². The Labute approximate surface area is 99.7 Å². The normalized spacial score (nSPS) is 22.4. The number of H-pyrrole nitrogens is 1. The molecule has 1 unspecified atom stereocenters. The van der Waals surface area contributed by atoms with E-state index < -0.39 is 0 Å². The lowest BCUT2D eigenvalue weighted by molar-refractivity contribution is 0.185. The fourth-order valence-electron chi connectivity index (χ4n) is 2.21. The summed E-state index contributed by atoms with van der Waals surface area (Å²) in [5, 5.41) is 5.46. The zero-order valence-electron chi connectivity index (χ0n) is 9.66. The van der Waals surface area contributed by atoms with Crippen LogP contribution in [0.4, 0.5) is 0 Å². The molecule has 5 heteroatoms. The van der Waals surface area contributed by atoms with Crippen LogP contribution >= 0.6 is 11.3 Å². The summed E-state index contributed by atoms with van der Waals surface area (Å²) in [4.78, 5) is 16.4. The van der Waals surface area contributed by atoms with Crippen molar-refractivity contribution in [3.63, 3.8) is 0 Å². The van der Waals surface area contributed by atoms with Gasteiger partial charge in [-0.05, 0) is 6.42 Å². The predicted molar refractivity (Wildman–Crippen MR) is 66.9 cm³/mol. The van der Waals surface area contributed by atoms with E-state index in [0.29, 0.717) is 6.04 Å². The van der Waals surface area contributed by atoms with Crippen molar-refractivity contribution in [1.29, 1.82) is 0 Å². The van der Waals surface area contributed by atoms with Crippen molar-refractivity contribution in [1.82, 2.24) is 15.2 Å². The molecule has 0 saturated carbocycles. The zero-order chi connectivity index (χ0) is 11.4. The van der Waals surface area contributed by atoms with Crippen molar-refractivity contribution in [3.05, 3.63) is 20.7 Å². The minimum Gasteiger partial charge on any atom is -0.315 e. The van der Waals surface area contributed by atoms with Crippen LogP contribution in [0.3, 0.4) is 0 Å². The van der Waals surface area contributed by atoms with Gasteiger partial charge in [0, 0.05) is 43.3 Å². The van der Waals surface area contributed by atoms with Crippen LogP contribution in [0.2, 0.25) is 0 Å². The van der Waals surface area contributed by atoms with Gasteiger partial charge < -0.3 is 10.3 Å². The van der Waals surface area contributed by atoms with E-state index in [4.69, 9.17) is 0 Å². The van der Waals surface area contributed by atoms with Crippen LogP contribution < -0.4 is 10.2 Å². The first-order chi connectivity index (χ1) is 7.78. The van der Waals surface area contributed by atoms with Crippen LogP contribution in [0.15, 0.2) is 10.2 Å². The smallest absolute Gasteiger partial charge is 0.304 e. The van der Waals surface area contributed by atoms with Crippen molar-refractivity contribution in [2.24, 2.45) is 0 Å². The molecular weight excluding hydrogens is 222 g/mol. The Kier molecular flexibility index (Phi) is 4.15. The third kappa shape index (κ3) is 3.17. The van der Waals surface area contributed by atoms with Gasteiger partial charge in [-0.3, -0.25) is 9.69 Å². The molecule has 1 aromatic heterocycles. The van der Waals surface area contributed by atoms with Gasteiger partial charge >= 0.3 is 4.87 Å². The van der Waals surface area contributed by atoms with E-state index in [1.165, 1.54) is 24.2 Å². The molecule has 0 aromatic carbocycles. The van der Waals surface area contributed by atoms with E-state index >= 15 is 0 Å². The molecule has 16 heavy (non-hydrogen) atoms. The van der Waals surface area contributed by atoms with Gasteiger partial charge in [0.1, 0.15) is 0 Å². The second-order valence-electron chi connectivity index (χ2n) is 4.35. The fourth-order valence-corrected chi connectivity index (χ4v) is 2.78. The number of hydrogen-bond donors (Lipinski definition) is 2. The maximum Gasteiger partial charge on any atom is 0.304 e. The first-order valence-corrected chi connectivity index (χ1v) is 6.78. The van der Waals surface area contributed by atoms with E-state index in [9.17, 15) is 4.79 Å². The Balaban J connectivity index is 1.87. The zero-order valence-corrected chi connectivity index (χ0v) is 10.5. The first kappa shape index (κ1) is 11.8. The van der Waals surface area contributed by atoms with E-state index in [1.54, 1.807) is 0 Å². The van der Waals surface area contributed by atoms with Crippen molar-refractivity contribution in [2.45, 2.75) is 32.4 Å². The number of nitrogens with zero attached hydrogens (tertiary/aromatic N) is 1. The highest BCUT2D eigenvalue weighted by atomic mass is 32.1. The molecule has 0 radical (unpaired) electrons. The average Bonchev–Trinajstić information content (AvgIpc) is 2.65. The number of aromatic nitrogens is 1. The monoisotopic (exact) mass is 241 g/mol. The van der Waals surface area contributed by atoms with E-state index in [1.807, 2.05) is 5.38 Å². The number of aromatic amines is 1. The minimum atomic E-state index is 0.0512. The van der Waals surface area contributed by atoms with Gasteiger partial charge in [0.15, 0.2) is 0 Å². The maximum absolute atomic E-state index is 11.0. The lowest BCUT2D eigenvalue weighted by Crippen LogP contribution is -2.50. The molecular formula is C11H19N3OS. The standard InChI is InChI=1S/C11H19N3OS/c1-2-3-9-6-14(5-4-12-9)7-10-8-16-11(15)13-10/h8-9,12H,2-7H2,1H3,(H,13,15). The molecule has 1 atom stereocenters. The molecule has 1 saturated heterocycles. The van der Waals surface area contributed by atoms with Crippen LogP contribution in [-0.2, 0) is 6.54 Å². The summed E-state index contributed by atoms with van der Waals surface area (Å²) in [6.45, 7) is 6.31. The van der Waals surface area contributed by atoms with Gasteiger partial charge in [-0.2, -0.15) is 0 Å². The van der Waals surface area contributed by atoms with Gasteiger partial charge in [0.2, 0.25) is 0 Å². The molecule has 1 aliphatic heterocycles. The number of hydrogen-bond acceptors (Lipinski definition) is 4. The summed E-state index contributed by atoms with van der Waals surface area (Å²) in [5.41, 5.74) is 1.05. The Morgan fingerprint density at radius 2 is 2.50 bits per heavy atom. The summed E-state index contributed by atoms with van der Waals surface area (Å²) in [6, 6.07) is 0.615. The van der Waals surface area contributed by atoms with Gasteiger partial charge in [0.05, 0.1) is 0 Å². The van der Waals surface area contributed by atoms with E-state index in [-0.39, 0.29) is 4.87 Å². The molecule has 0 amide bonds. The largest absolute Gasteiger partial charge is 0.315 e. The van der Waals surface area contributed by atoms with Gasteiger partial charge in [-0.25, -0.2) is 0 Å². The van der Waals surface area contributed by atoms with Crippen molar-refractivity contribution in [3.8, 4) is 0 Å². The highest BCUT2D eigenvalue weighted by Crippen LogP contribution is 2.08. The fraction of sp³-hybridized carbons (Fsp3) is 0.727. The van der Waals surface area contributed by atoms with Gasteiger partial charge in [-0.15, -0.1) is 0 Å². The molecule has 2 rings (SSSR count). The van der Waals surface area contributed by atoms with Crippen LogP contribution in [0.5, 0.6) is 0 Å². The molecule has 0 bridgehead atoms. The van der Waals surface area contributed by atoms with Gasteiger partial charge in [0.25, 0.3) is 0 Å². The summed E-state index contributed by atoms with van der Waals surface area (Å²) in [6.07, 6.45) is 2.46. The summed E-state index contributed by atoms with van der Waals surface area (Å²) >= 11 is 1.25. The average molecular weight is 241 g/mol. The van der Waals surface area contributed by atoms with E-state index in [0.717, 1.165) is 31.9 Å². The molecule has 1 aromatic rings. The van der Waals surface area contributed by atoms with Crippen LogP contribution in [0.1, 0.15) is 25.5 Å². The second kappa shape index (κ2) is 5.61. The van der Waals surface area contributed by atoms with Crippen molar-refractivity contribution >= 4 is 11.3 Å². The number of thiazole rings is 1. The Morgan fingerprint density at radius 1 is 1.62 bits per heavy atom. The molecule has 2 N–H and O–H groups in total. The van der Waals surface area contributed by atoms with E-state index in [2.05, 4.69) is 22.1 Å². The highest BCUT2D eigenvalue weighted by Gasteiger charge is 2.18. The topological polar surface area (TPSA) is 48.1 Å². The van der Waals surface area contributed by atoms with Crippen LogP contribution in [-0.4, -0.2) is 35.6 Å². The predicted octanol–water partition coefficient (Wildman–Crippen LogP) is 1.01.